The third kappa shape index (κ3) is 4.12. The van der Waals surface area contributed by atoms with Crippen molar-refractivity contribution in [3.63, 3.8) is 0 Å². The van der Waals surface area contributed by atoms with Gasteiger partial charge in [0, 0.05) is 29.4 Å². The number of hydrogen-bond donors (Lipinski definition) is 3. The summed E-state index contributed by atoms with van der Waals surface area (Å²) in [6.07, 6.45) is 1.65. The van der Waals surface area contributed by atoms with Gasteiger partial charge in [0.05, 0.1) is 18.5 Å². The van der Waals surface area contributed by atoms with E-state index in [0.29, 0.717) is 43.5 Å². The Balaban J connectivity index is 1.59. The number of nitrogens with zero attached hydrogens (tertiary/aromatic N) is 1. The van der Waals surface area contributed by atoms with E-state index in [2.05, 4.69) is 10.6 Å². The zero-order valence-electron chi connectivity index (χ0n) is 16.2. The van der Waals surface area contributed by atoms with Gasteiger partial charge >= 0.3 is 0 Å². The Morgan fingerprint density at radius 1 is 1.06 bits per heavy atom. The molecule has 2 aromatic carbocycles. The molecule has 31 heavy (non-hydrogen) atoms. The zero-order chi connectivity index (χ0) is 22.3. The van der Waals surface area contributed by atoms with Gasteiger partial charge in [-0.15, -0.1) is 0 Å². The first-order chi connectivity index (χ1) is 14.7. The molecule has 0 radical (unpaired) electrons. The van der Waals surface area contributed by atoms with Crippen LogP contribution >= 0.6 is 0 Å². The SMILES string of the molecule is O=C(Nc1cc(F)c(F)c(F)c1)c1ccc2c(c1)S(=O)(=O)N(C1CCC(O)CC1)CN2. The number of carbonyl (C=O) groups excluding carboxylic acids is 1. The minimum absolute atomic E-state index is 0.0461. The minimum atomic E-state index is -3.91. The Labute approximate surface area is 176 Å². The number of aliphatic hydroxyl groups excluding tert-OH is 1. The van der Waals surface area contributed by atoms with Gasteiger partial charge in [0.1, 0.15) is 4.90 Å². The molecule has 1 aliphatic heterocycles. The fourth-order valence-electron chi connectivity index (χ4n) is 3.90. The third-order valence-electron chi connectivity index (χ3n) is 5.57. The van der Waals surface area contributed by atoms with E-state index in [1.807, 2.05) is 0 Å². The summed E-state index contributed by atoms with van der Waals surface area (Å²) in [5.41, 5.74) is -0.0137. The van der Waals surface area contributed by atoms with Gasteiger partial charge in [0.15, 0.2) is 17.5 Å². The van der Waals surface area contributed by atoms with Crippen LogP contribution in [0.4, 0.5) is 24.5 Å². The second-order valence-corrected chi connectivity index (χ2v) is 9.47. The number of aliphatic hydroxyl groups is 1. The highest BCUT2D eigenvalue weighted by Gasteiger charge is 2.38. The highest BCUT2D eigenvalue weighted by Crippen LogP contribution is 2.35. The molecule has 0 atom stereocenters. The summed E-state index contributed by atoms with van der Waals surface area (Å²) < 4.78 is 67.6. The van der Waals surface area contributed by atoms with Crippen LogP contribution in [0.3, 0.4) is 0 Å². The summed E-state index contributed by atoms with van der Waals surface area (Å²) in [6.45, 7) is 0.0791. The lowest BCUT2D eigenvalue weighted by Crippen LogP contribution is -2.48. The first-order valence-corrected chi connectivity index (χ1v) is 11.1. The Morgan fingerprint density at radius 2 is 1.71 bits per heavy atom. The fourth-order valence-corrected chi connectivity index (χ4v) is 5.68. The van der Waals surface area contributed by atoms with Crippen LogP contribution in [0.5, 0.6) is 0 Å². The molecule has 7 nitrogen and oxygen atoms in total. The number of amides is 1. The Hall–Kier alpha value is -2.63. The van der Waals surface area contributed by atoms with Gasteiger partial charge in [0.25, 0.3) is 5.91 Å². The molecule has 2 aliphatic rings. The molecule has 4 rings (SSSR count). The van der Waals surface area contributed by atoms with Crippen molar-refractivity contribution in [1.29, 1.82) is 0 Å². The van der Waals surface area contributed by atoms with E-state index in [-0.39, 0.29) is 28.9 Å². The van der Waals surface area contributed by atoms with Crippen molar-refractivity contribution in [3.8, 4) is 0 Å². The maximum absolute atomic E-state index is 13.4. The van der Waals surface area contributed by atoms with Crippen molar-refractivity contribution in [3.05, 3.63) is 53.3 Å². The van der Waals surface area contributed by atoms with Gasteiger partial charge in [-0.3, -0.25) is 4.79 Å². The van der Waals surface area contributed by atoms with Crippen LogP contribution in [0, 0.1) is 17.5 Å². The normalized spacial score (nSPS) is 23.0. The first kappa shape index (κ1) is 21.6. The number of halogens is 3. The van der Waals surface area contributed by atoms with Gasteiger partial charge in [-0.2, -0.15) is 4.31 Å². The van der Waals surface area contributed by atoms with Crippen LogP contribution in [0.25, 0.3) is 0 Å². The van der Waals surface area contributed by atoms with Crippen LogP contribution in [-0.4, -0.2) is 42.6 Å². The largest absolute Gasteiger partial charge is 0.393 e. The molecule has 0 spiro atoms. The summed E-state index contributed by atoms with van der Waals surface area (Å²) in [5.74, 6) is -5.37. The second-order valence-electron chi connectivity index (χ2n) is 7.61. The molecule has 1 aliphatic carbocycles. The molecule has 166 valence electrons. The number of sulfonamides is 1. The average molecular weight is 455 g/mol. The molecule has 1 saturated carbocycles. The Morgan fingerprint density at radius 3 is 2.35 bits per heavy atom. The fraction of sp³-hybridized carbons (Fsp3) is 0.350. The molecule has 11 heteroatoms. The van der Waals surface area contributed by atoms with Crippen molar-refractivity contribution in [1.82, 2.24) is 4.31 Å². The second kappa shape index (κ2) is 8.13. The smallest absolute Gasteiger partial charge is 0.255 e. The lowest BCUT2D eigenvalue weighted by Gasteiger charge is -2.38. The summed E-state index contributed by atoms with van der Waals surface area (Å²) in [6, 6.07) is 5.00. The van der Waals surface area contributed by atoms with Crippen LogP contribution in [0.15, 0.2) is 35.2 Å². The number of rotatable bonds is 3. The average Bonchev–Trinajstić information content (AvgIpc) is 2.72. The van der Waals surface area contributed by atoms with Crippen LogP contribution in [0.2, 0.25) is 0 Å². The number of benzene rings is 2. The molecule has 1 fully saturated rings. The maximum atomic E-state index is 13.4. The highest BCUT2D eigenvalue weighted by molar-refractivity contribution is 7.89. The summed E-state index contributed by atoms with van der Waals surface area (Å²) in [7, 11) is -3.91. The molecular weight excluding hydrogens is 435 g/mol. The summed E-state index contributed by atoms with van der Waals surface area (Å²) >= 11 is 0. The number of hydrogen-bond acceptors (Lipinski definition) is 5. The van der Waals surface area contributed by atoms with Crippen LogP contribution in [-0.2, 0) is 10.0 Å². The van der Waals surface area contributed by atoms with Gasteiger partial charge < -0.3 is 15.7 Å². The van der Waals surface area contributed by atoms with Gasteiger partial charge in [-0.25, -0.2) is 21.6 Å². The molecule has 0 aromatic heterocycles. The third-order valence-corrected chi connectivity index (χ3v) is 7.51. The lowest BCUT2D eigenvalue weighted by atomic mass is 9.93. The predicted octanol–water partition coefficient (Wildman–Crippen LogP) is 3.03. The molecule has 1 heterocycles. The molecule has 1 amide bonds. The van der Waals surface area contributed by atoms with Crippen LogP contribution in [0.1, 0.15) is 36.0 Å². The van der Waals surface area contributed by atoms with Crippen LogP contribution < -0.4 is 10.6 Å². The maximum Gasteiger partial charge on any atom is 0.255 e. The monoisotopic (exact) mass is 455 g/mol. The van der Waals surface area contributed by atoms with E-state index >= 15 is 0 Å². The Bertz CT molecular complexity index is 1110. The van der Waals surface area contributed by atoms with Crippen molar-refractivity contribution in [2.75, 3.05) is 17.3 Å². The predicted molar refractivity (Wildman–Crippen MR) is 106 cm³/mol. The number of anilines is 2. The van der Waals surface area contributed by atoms with E-state index in [4.69, 9.17) is 0 Å². The zero-order valence-corrected chi connectivity index (χ0v) is 17.1. The Kier molecular flexibility index (Phi) is 5.67. The minimum Gasteiger partial charge on any atom is -0.393 e. The van der Waals surface area contributed by atoms with E-state index < -0.39 is 39.5 Å². The van der Waals surface area contributed by atoms with Gasteiger partial charge in [-0.1, -0.05) is 0 Å². The van der Waals surface area contributed by atoms with Crippen molar-refractivity contribution in [2.24, 2.45) is 0 Å². The van der Waals surface area contributed by atoms with E-state index in [1.54, 1.807) is 0 Å². The summed E-state index contributed by atoms with van der Waals surface area (Å²) in [4.78, 5) is 12.4. The van der Waals surface area contributed by atoms with Gasteiger partial charge in [-0.05, 0) is 43.9 Å². The molecule has 0 bridgehead atoms. The number of carbonyl (C=O) groups is 1. The molecule has 0 saturated heterocycles. The summed E-state index contributed by atoms with van der Waals surface area (Å²) in [5, 5.41) is 14.9. The topological polar surface area (TPSA) is 98.7 Å². The van der Waals surface area contributed by atoms with E-state index in [1.165, 1.54) is 22.5 Å². The van der Waals surface area contributed by atoms with E-state index in [9.17, 15) is 31.5 Å². The molecule has 2 aromatic rings. The van der Waals surface area contributed by atoms with E-state index in [0.717, 1.165) is 0 Å². The molecule has 0 unspecified atom stereocenters. The van der Waals surface area contributed by atoms with Crippen molar-refractivity contribution >= 4 is 27.3 Å². The lowest BCUT2D eigenvalue weighted by molar-refractivity contribution is 0.100. The highest BCUT2D eigenvalue weighted by atomic mass is 32.2. The molecular formula is C20H20F3N3O4S. The first-order valence-electron chi connectivity index (χ1n) is 9.70. The number of nitrogens with one attached hydrogen (secondary N) is 2. The van der Waals surface area contributed by atoms with Gasteiger partial charge in [0.2, 0.25) is 10.0 Å². The van der Waals surface area contributed by atoms with Crippen molar-refractivity contribution < 1.29 is 31.5 Å². The van der Waals surface area contributed by atoms with Crippen molar-refractivity contribution in [2.45, 2.75) is 42.7 Å². The number of fused-ring (bicyclic) bond motifs is 1. The standard InChI is InChI=1S/C20H20F3N3O4S/c21-15-8-12(9-16(22)19(15)23)25-20(28)11-1-6-17-18(7-11)31(29,30)26(10-24-17)13-2-4-14(27)5-3-13/h1,6-9,13-14,24,27H,2-5,10H2,(H,25,28). The quantitative estimate of drug-likeness (QED) is 0.618. The molecule has 3 N–H and O–H groups in total.